The molecule has 0 amide bonds. The van der Waals surface area contributed by atoms with Crippen LogP contribution in [0.4, 0.5) is 0 Å². The van der Waals surface area contributed by atoms with Gasteiger partial charge in [-0.3, -0.25) is 0 Å². The number of alkyl halides is 3. The lowest BCUT2D eigenvalue weighted by Gasteiger charge is -2.15. The number of hydrogen-bond acceptors (Lipinski definition) is 5. The Bertz CT molecular complexity index is 485. The van der Waals surface area contributed by atoms with Gasteiger partial charge in [-0.25, -0.2) is 14.8 Å². The molecule has 1 saturated heterocycles. The van der Waals surface area contributed by atoms with E-state index in [4.69, 9.17) is 39.6 Å². The van der Waals surface area contributed by atoms with E-state index in [1.165, 1.54) is 6.07 Å². The van der Waals surface area contributed by atoms with Crippen LogP contribution in [0.5, 0.6) is 0 Å². The zero-order chi connectivity index (χ0) is 14.0. The minimum Gasteiger partial charge on any atom is -0.363 e. The molecular formula is C11H12Cl3N3O2. The summed E-state index contributed by atoms with van der Waals surface area (Å²) >= 11 is 17.2. The van der Waals surface area contributed by atoms with Gasteiger partial charge in [0.05, 0.1) is 0 Å². The molecule has 19 heavy (non-hydrogen) atoms. The average molecular weight is 325 g/mol. The van der Waals surface area contributed by atoms with E-state index in [2.05, 4.69) is 9.97 Å². The Morgan fingerprint density at radius 2 is 1.95 bits per heavy atom. The molecule has 1 aliphatic heterocycles. The Balaban J connectivity index is 2.19. The number of hydrogen-bond donors (Lipinski definition) is 0. The van der Waals surface area contributed by atoms with Crippen molar-refractivity contribution in [2.75, 3.05) is 13.1 Å². The molecule has 2 heterocycles. The summed E-state index contributed by atoms with van der Waals surface area (Å²) in [5, 5.41) is 1.61. The Kier molecular flexibility index (Phi) is 4.50. The number of carbonyl (C=O) groups excluding carboxylic acids is 1. The molecule has 0 unspecified atom stereocenters. The van der Waals surface area contributed by atoms with Crippen LogP contribution < -0.4 is 0 Å². The lowest BCUT2D eigenvalue weighted by molar-refractivity contribution is -0.0932. The second kappa shape index (κ2) is 5.79. The van der Waals surface area contributed by atoms with E-state index in [1.807, 2.05) is 0 Å². The largest absolute Gasteiger partial charge is 0.375 e. The maximum atomic E-state index is 11.9. The van der Waals surface area contributed by atoms with Crippen molar-refractivity contribution in [1.82, 2.24) is 15.0 Å². The monoisotopic (exact) mass is 323 g/mol. The van der Waals surface area contributed by atoms with Gasteiger partial charge in [0.25, 0.3) is 0 Å². The zero-order valence-corrected chi connectivity index (χ0v) is 12.5. The van der Waals surface area contributed by atoms with Crippen LogP contribution in [0.3, 0.4) is 0 Å². The van der Waals surface area contributed by atoms with Crippen molar-refractivity contribution < 1.29 is 9.63 Å². The van der Waals surface area contributed by atoms with Gasteiger partial charge in [-0.05, 0) is 25.8 Å². The molecule has 0 bridgehead atoms. The first-order valence-corrected chi connectivity index (χ1v) is 6.90. The third-order valence-electron chi connectivity index (χ3n) is 2.59. The minimum absolute atomic E-state index is 0.0362. The van der Waals surface area contributed by atoms with Crippen molar-refractivity contribution in [3.8, 4) is 0 Å². The highest BCUT2D eigenvalue weighted by Crippen LogP contribution is 2.35. The number of nitrogens with zero attached hydrogens (tertiary/aromatic N) is 3. The summed E-state index contributed by atoms with van der Waals surface area (Å²) in [5.41, 5.74) is 0.616. The predicted molar refractivity (Wildman–Crippen MR) is 72.2 cm³/mol. The highest BCUT2D eigenvalue weighted by molar-refractivity contribution is 6.66. The third-order valence-corrected chi connectivity index (χ3v) is 3.10. The molecule has 0 aromatic carbocycles. The van der Waals surface area contributed by atoms with Gasteiger partial charge < -0.3 is 4.84 Å². The van der Waals surface area contributed by atoms with Crippen molar-refractivity contribution in [3.63, 3.8) is 0 Å². The summed E-state index contributed by atoms with van der Waals surface area (Å²) in [6.07, 6.45) is 2.02. The van der Waals surface area contributed by atoms with E-state index < -0.39 is 9.76 Å². The van der Waals surface area contributed by atoms with Crippen LogP contribution in [-0.4, -0.2) is 34.1 Å². The van der Waals surface area contributed by atoms with Crippen LogP contribution in [0, 0.1) is 6.92 Å². The topological polar surface area (TPSA) is 55.3 Å². The van der Waals surface area contributed by atoms with Crippen LogP contribution >= 0.6 is 34.8 Å². The normalized spacial score (nSPS) is 16.6. The van der Waals surface area contributed by atoms with E-state index in [1.54, 1.807) is 12.0 Å². The Hall–Kier alpha value is -0.620. The fourth-order valence-electron chi connectivity index (χ4n) is 1.74. The SMILES string of the molecule is Cc1cc(C(=O)ON2CCCC2)nc(C(Cl)(Cl)Cl)n1. The molecule has 0 aliphatic carbocycles. The molecule has 2 rings (SSSR count). The van der Waals surface area contributed by atoms with E-state index in [9.17, 15) is 4.79 Å². The van der Waals surface area contributed by atoms with Crippen LogP contribution in [0.1, 0.15) is 34.8 Å². The third kappa shape index (κ3) is 3.92. The van der Waals surface area contributed by atoms with Crippen molar-refractivity contribution in [2.45, 2.75) is 23.6 Å². The second-order valence-electron chi connectivity index (χ2n) is 4.23. The molecule has 8 heteroatoms. The molecular weight excluding hydrogens is 312 g/mol. The number of halogens is 3. The molecule has 1 aromatic heterocycles. The number of carbonyl (C=O) groups is 1. The van der Waals surface area contributed by atoms with Crippen molar-refractivity contribution in [3.05, 3.63) is 23.3 Å². The fraction of sp³-hybridized carbons (Fsp3) is 0.545. The molecule has 5 nitrogen and oxygen atoms in total. The van der Waals surface area contributed by atoms with Gasteiger partial charge >= 0.3 is 5.97 Å². The zero-order valence-electron chi connectivity index (χ0n) is 10.2. The number of aryl methyl sites for hydroxylation is 1. The Morgan fingerprint density at radius 1 is 1.32 bits per heavy atom. The minimum atomic E-state index is -1.77. The highest BCUT2D eigenvalue weighted by Gasteiger charge is 2.29. The number of aromatic nitrogens is 2. The molecule has 1 fully saturated rings. The van der Waals surface area contributed by atoms with Crippen LogP contribution in [0.25, 0.3) is 0 Å². The van der Waals surface area contributed by atoms with E-state index in [-0.39, 0.29) is 11.5 Å². The predicted octanol–water partition coefficient (Wildman–Crippen LogP) is 2.78. The highest BCUT2D eigenvalue weighted by atomic mass is 35.6. The maximum absolute atomic E-state index is 11.9. The fourth-order valence-corrected chi connectivity index (χ4v) is 2.00. The van der Waals surface area contributed by atoms with Crippen molar-refractivity contribution in [2.24, 2.45) is 0 Å². The molecule has 104 valence electrons. The molecule has 1 aliphatic rings. The standard InChI is InChI=1S/C11H12Cl3N3O2/c1-7-6-8(16-10(15-7)11(12,13)14)9(18)19-17-4-2-3-5-17/h6H,2-5H2,1H3. The summed E-state index contributed by atoms with van der Waals surface area (Å²) in [7, 11) is 0. The quantitative estimate of drug-likeness (QED) is 0.783. The molecule has 1 aromatic rings. The summed E-state index contributed by atoms with van der Waals surface area (Å²) in [4.78, 5) is 25.1. The smallest absolute Gasteiger partial charge is 0.363 e. The van der Waals surface area contributed by atoms with Gasteiger partial charge in [-0.2, -0.15) is 0 Å². The molecule has 0 N–H and O–H groups in total. The van der Waals surface area contributed by atoms with E-state index >= 15 is 0 Å². The van der Waals surface area contributed by atoms with Gasteiger partial charge in [0.2, 0.25) is 3.79 Å². The second-order valence-corrected chi connectivity index (χ2v) is 6.51. The lowest BCUT2D eigenvalue weighted by Crippen LogP contribution is -2.25. The lowest BCUT2D eigenvalue weighted by atomic mass is 10.3. The summed E-state index contributed by atoms with van der Waals surface area (Å²) in [6.45, 7) is 3.15. The molecule has 0 saturated carbocycles. The van der Waals surface area contributed by atoms with E-state index in [0.29, 0.717) is 5.69 Å². The first kappa shape index (κ1) is 14.8. The molecule has 0 radical (unpaired) electrons. The summed E-state index contributed by atoms with van der Waals surface area (Å²) < 4.78 is -1.77. The van der Waals surface area contributed by atoms with Crippen molar-refractivity contribution in [1.29, 1.82) is 0 Å². The Labute approximate surface area is 125 Å². The molecule has 0 atom stereocenters. The van der Waals surface area contributed by atoms with E-state index in [0.717, 1.165) is 25.9 Å². The van der Waals surface area contributed by atoms with Gasteiger partial charge in [0, 0.05) is 18.8 Å². The summed E-state index contributed by atoms with van der Waals surface area (Å²) in [6, 6.07) is 1.50. The number of rotatable bonds is 2. The van der Waals surface area contributed by atoms with Gasteiger partial charge in [0.15, 0.2) is 11.5 Å². The van der Waals surface area contributed by atoms with Crippen LogP contribution in [-0.2, 0) is 8.63 Å². The first-order chi connectivity index (χ1) is 8.86. The van der Waals surface area contributed by atoms with Gasteiger partial charge in [-0.15, -0.1) is 5.06 Å². The Morgan fingerprint density at radius 3 is 2.53 bits per heavy atom. The van der Waals surface area contributed by atoms with Crippen LogP contribution in [0.15, 0.2) is 6.07 Å². The maximum Gasteiger partial charge on any atom is 0.375 e. The average Bonchev–Trinajstić information content (AvgIpc) is 2.79. The number of hydroxylamine groups is 2. The van der Waals surface area contributed by atoms with Crippen LogP contribution in [0.2, 0.25) is 0 Å². The van der Waals surface area contributed by atoms with Gasteiger partial charge in [-0.1, -0.05) is 34.8 Å². The first-order valence-electron chi connectivity index (χ1n) is 5.76. The van der Waals surface area contributed by atoms with Gasteiger partial charge in [0.1, 0.15) is 0 Å². The van der Waals surface area contributed by atoms with Crippen molar-refractivity contribution >= 4 is 40.8 Å². The summed E-state index contributed by atoms with van der Waals surface area (Å²) in [5.74, 6) is -0.603. The molecule has 0 spiro atoms.